The lowest BCUT2D eigenvalue weighted by atomic mass is 10.1. The van der Waals surface area contributed by atoms with Gasteiger partial charge in [0.05, 0.1) is 29.3 Å². The van der Waals surface area contributed by atoms with Crippen LogP contribution in [0.25, 0.3) is 10.4 Å². The van der Waals surface area contributed by atoms with Gasteiger partial charge in [-0.1, -0.05) is 25.2 Å². The average molecular weight is 443 g/mol. The normalized spacial score (nSPS) is 21.5. The molecule has 0 unspecified atom stereocenters. The highest BCUT2D eigenvalue weighted by molar-refractivity contribution is 7.19. The molecule has 168 valence electrons. The van der Waals surface area contributed by atoms with Crippen LogP contribution in [-0.2, 0) is 16.1 Å². The van der Waals surface area contributed by atoms with Crippen molar-refractivity contribution >= 4 is 22.4 Å². The first-order chi connectivity index (χ1) is 14.8. The SMILES string of the molecule is Cc1cc(-c2sc(N3C[C@@H](C)O[C@@H](C)C3)nc2CNC(=O)CC(C)C)cc(C2CC2)n1. The zero-order valence-corrected chi connectivity index (χ0v) is 20.1. The van der Waals surface area contributed by atoms with Gasteiger partial charge < -0.3 is 15.0 Å². The Morgan fingerprint density at radius 1 is 1.23 bits per heavy atom. The van der Waals surface area contributed by atoms with Crippen LogP contribution in [0.1, 0.15) is 70.0 Å². The highest BCUT2D eigenvalue weighted by Gasteiger charge is 2.28. The molecule has 2 atom stereocenters. The van der Waals surface area contributed by atoms with Crippen LogP contribution in [0.2, 0.25) is 0 Å². The van der Waals surface area contributed by atoms with Crippen LogP contribution < -0.4 is 10.2 Å². The first-order valence-electron chi connectivity index (χ1n) is 11.4. The van der Waals surface area contributed by atoms with E-state index in [1.807, 2.05) is 0 Å². The Kier molecular flexibility index (Phi) is 6.63. The summed E-state index contributed by atoms with van der Waals surface area (Å²) in [6, 6.07) is 4.37. The van der Waals surface area contributed by atoms with Gasteiger partial charge in [-0.15, -0.1) is 0 Å². The zero-order chi connectivity index (χ0) is 22.1. The maximum Gasteiger partial charge on any atom is 0.220 e. The molecule has 0 radical (unpaired) electrons. The summed E-state index contributed by atoms with van der Waals surface area (Å²) in [5, 5.41) is 4.09. The molecule has 1 saturated carbocycles. The molecule has 6 nitrogen and oxygen atoms in total. The maximum atomic E-state index is 12.3. The van der Waals surface area contributed by atoms with E-state index >= 15 is 0 Å². The van der Waals surface area contributed by atoms with Gasteiger partial charge in [0.1, 0.15) is 0 Å². The number of aromatic nitrogens is 2. The van der Waals surface area contributed by atoms with Crippen LogP contribution in [0.4, 0.5) is 5.13 Å². The quantitative estimate of drug-likeness (QED) is 0.675. The van der Waals surface area contributed by atoms with Crippen molar-refractivity contribution < 1.29 is 9.53 Å². The molecule has 1 amide bonds. The summed E-state index contributed by atoms with van der Waals surface area (Å²) >= 11 is 1.72. The molecular formula is C24H34N4O2S. The highest BCUT2D eigenvalue weighted by atomic mass is 32.1. The summed E-state index contributed by atoms with van der Waals surface area (Å²) < 4.78 is 5.91. The third-order valence-corrected chi connectivity index (χ3v) is 6.86. The van der Waals surface area contributed by atoms with E-state index in [0.717, 1.165) is 34.5 Å². The summed E-state index contributed by atoms with van der Waals surface area (Å²) in [4.78, 5) is 25.5. The Morgan fingerprint density at radius 3 is 2.58 bits per heavy atom. The molecular weight excluding hydrogens is 408 g/mol. The number of ether oxygens (including phenoxy) is 1. The van der Waals surface area contributed by atoms with Crippen molar-refractivity contribution in [3.63, 3.8) is 0 Å². The van der Waals surface area contributed by atoms with E-state index in [1.165, 1.54) is 24.1 Å². The van der Waals surface area contributed by atoms with Crippen LogP contribution in [0.15, 0.2) is 12.1 Å². The molecule has 7 heteroatoms. The Hall–Kier alpha value is -1.99. The number of morpholine rings is 1. The molecule has 4 rings (SSSR count). The fourth-order valence-electron chi connectivity index (χ4n) is 4.19. The van der Waals surface area contributed by atoms with Crippen molar-refractivity contribution in [2.75, 3.05) is 18.0 Å². The number of nitrogens with zero attached hydrogens (tertiary/aromatic N) is 3. The van der Waals surface area contributed by atoms with Gasteiger partial charge in [0.15, 0.2) is 5.13 Å². The number of thiazole rings is 1. The molecule has 1 aliphatic heterocycles. The molecule has 31 heavy (non-hydrogen) atoms. The van der Waals surface area contributed by atoms with Gasteiger partial charge in [-0.05, 0) is 57.2 Å². The van der Waals surface area contributed by atoms with E-state index in [1.54, 1.807) is 11.3 Å². The lowest BCUT2D eigenvalue weighted by molar-refractivity contribution is -0.121. The predicted molar refractivity (Wildman–Crippen MR) is 126 cm³/mol. The number of amides is 1. The van der Waals surface area contributed by atoms with E-state index in [0.29, 0.717) is 24.8 Å². The Balaban J connectivity index is 1.65. The van der Waals surface area contributed by atoms with E-state index in [9.17, 15) is 4.79 Å². The molecule has 3 heterocycles. The summed E-state index contributed by atoms with van der Waals surface area (Å²) in [5.74, 6) is 1.01. The number of rotatable bonds is 7. The molecule has 1 saturated heterocycles. The zero-order valence-electron chi connectivity index (χ0n) is 19.3. The van der Waals surface area contributed by atoms with Crippen molar-refractivity contribution in [2.45, 2.75) is 78.6 Å². The number of carbonyl (C=O) groups is 1. The Morgan fingerprint density at radius 2 is 1.94 bits per heavy atom. The van der Waals surface area contributed by atoms with Crippen LogP contribution >= 0.6 is 11.3 Å². The second-order valence-electron chi connectivity index (χ2n) is 9.51. The highest BCUT2D eigenvalue weighted by Crippen LogP contribution is 2.42. The number of hydrogen-bond acceptors (Lipinski definition) is 6. The third-order valence-electron chi connectivity index (χ3n) is 5.65. The molecule has 0 spiro atoms. The molecule has 2 aliphatic rings. The second-order valence-corrected chi connectivity index (χ2v) is 10.5. The number of anilines is 1. The van der Waals surface area contributed by atoms with Crippen LogP contribution in [0, 0.1) is 12.8 Å². The third kappa shape index (κ3) is 5.63. The first kappa shape index (κ1) is 22.2. The monoisotopic (exact) mass is 442 g/mol. The smallest absolute Gasteiger partial charge is 0.220 e. The van der Waals surface area contributed by atoms with Gasteiger partial charge in [-0.2, -0.15) is 0 Å². The Labute approximate surface area is 189 Å². The first-order valence-corrected chi connectivity index (χ1v) is 12.3. The molecule has 0 bridgehead atoms. The van der Waals surface area contributed by atoms with Gasteiger partial charge in [0.2, 0.25) is 5.91 Å². The standard InChI is InChI=1S/C24H34N4O2S/c1-14(2)8-22(29)25-11-21-23(19-9-15(3)26-20(10-19)18-6-7-18)31-24(27-21)28-12-16(4)30-17(5)13-28/h9-10,14,16-18H,6-8,11-13H2,1-5H3,(H,25,29)/t16-,17+. The van der Waals surface area contributed by atoms with Crippen LogP contribution in [0.3, 0.4) is 0 Å². The topological polar surface area (TPSA) is 67.3 Å². The van der Waals surface area contributed by atoms with Crippen LogP contribution in [0.5, 0.6) is 0 Å². The van der Waals surface area contributed by atoms with Crippen molar-refractivity contribution in [3.8, 4) is 10.4 Å². The minimum absolute atomic E-state index is 0.0775. The predicted octanol–water partition coefficient (Wildman–Crippen LogP) is 4.67. The van der Waals surface area contributed by atoms with Crippen LogP contribution in [-0.4, -0.2) is 41.2 Å². The largest absolute Gasteiger partial charge is 0.372 e. The number of carbonyl (C=O) groups excluding carboxylic acids is 1. The molecule has 2 fully saturated rings. The lowest BCUT2D eigenvalue weighted by Gasteiger charge is -2.35. The molecule has 2 aromatic rings. The number of nitrogens with one attached hydrogen (secondary N) is 1. The summed E-state index contributed by atoms with van der Waals surface area (Å²) in [6.07, 6.45) is 3.34. The second kappa shape index (κ2) is 9.25. The van der Waals surface area contributed by atoms with E-state index < -0.39 is 0 Å². The minimum Gasteiger partial charge on any atom is -0.372 e. The minimum atomic E-state index is 0.0775. The average Bonchev–Trinajstić information content (AvgIpc) is 3.44. The van der Waals surface area contributed by atoms with Crippen molar-refractivity contribution in [2.24, 2.45) is 5.92 Å². The van der Waals surface area contributed by atoms with Crippen molar-refractivity contribution in [3.05, 3.63) is 29.2 Å². The van der Waals surface area contributed by atoms with Gasteiger partial charge in [-0.3, -0.25) is 9.78 Å². The lowest BCUT2D eigenvalue weighted by Crippen LogP contribution is -2.45. The van der Waals surface area contributed by atoms with Gasteiger partial charge in [-0.25, -0.2) is 4.98 Å². The van der Waals surface area contributed by atoms with Gasteiger partial charge in [0, 0.05) is 36.8 Å². The number of pyridine rings is 1. The molecule has 1 aliphatic carbocycles. The van der Waals surface area contributed by atoms with Gasteiger partial charge >= 0.3 is 0 Å². The van der Waals surface area contributed by atoms with Crippen molar-refractivity contribution in [1.29, 1.82) is 0 Å². The van der Waals surface area contributed by atoms with Gasteiger partial charge in [0.25, 0.3) is 0 Å². The Bertz CT molecular complexity index is 928. The fraction of sp³-hybridized carbons (Fsp3) is 0.625. The molecule has 0 aromatic carbocycles. The maximum absolute atomic E-state index is 12.3. The van der Waals surface area contributed by atoms with Crippen molar-refractivity contribution in [1.82, 2.24) is 15.3 Å². The summed E-state index contributed by atoms with van der Waals surface area (Å²) in [5.41, 5.74) is 4.34. The van der Waals surface area contributed by atoms with E-state index in [-0.39, 0.29) is 18.1 Å². The van der Waals surface area contributed by atoms with E-state index in [2.05, 4.69) is 57.0 Å². The number of hydrogen-bond donors (Lipinski definition) is 1. The fourth-order valence-corrected chi connectivity index (χ4v) is 5.28. The molecule has 2 aromatic heterocycles. The molecule has 1 N–H and O–H groups in total. The number of aryl methyl sites for hydroxylation is 1. The van der Waals surface area contributed by atoms with E-state index in [4.69, 9.17) is 14.7 Å². The summed E-state index contributed by atoms with van der Waals surface area (Å²) in [7, 11) is 0. The summed E-state index contributed by atoms with van der Waals surface area (Å²) in [6.45, 7) is 12.5.